The quantitative estimate of drug-likeness (QED) is 0.783. The van der Waals surface area contributed by atoms with Gasteiger partial charge < -0.3 is 14.9 Å². The normalized spacial score (nSPS) is 13.8. The van der Waals surface area contributed by atoms with Crippen LogP contribution in [0.5, 0.6) is 0 Å². The molecule has 0 amide bonds. The van der Waals surface area contributed by atoms with Gasteiger partial charge in [-0.15, -0.1) is 0 Å². The minimum absolute atomic E-state index is 0.0508. The molecule has 0 aliphatic heterocycles. The van der Waals surface area contributed by atoms with Crippen molar-refractivity contribution in [2.24, 2.45) is 5.92 Å². The highest BCUT2D eigenvalue weighted by atomic mass is 16.5. The lowest BCUT2D eigenvalue weighted by Crippen LogP contribution is -2.30. The Hall–Kier alpha value is -1.68. The molecule has 21 heavy (non-hydrogen) atoms. The third-order valence-corrected chi connectivity index (χ3v) is 3.52. The van der Waals surface area contributed by atoms with Crippen LogP contribution in [0, 0.1) is 5.92 Å². The van der Waals surface area contributed by atoms with Crippen molar-refractivity contribution < 1.29 is 14.9 Å². The molecule has 112 valence electrons. The molecular formula is C18H22O3. The smallest absolute Gasteiger partial charge is 0.0826 e. The van der Waals surface area contributed by atoms with Crippen molar-refractivity contribution in [3.8, 4) is 0 Å². The molecule has 0 radical (unpaired) electrons. The maximum Gasteiger partial charge on any atom is 0.0826 e. The molecule has 2 atom stereocenters. The van der Waals surface area contributed by atoms with Crippen molar-refractivity contribution in [2.45, 2.75) is 19.1 Å². The molecule has 0 aromatic heterocycles. The zero-order valence-corrected chi connectivity index (χ0v) is 12.1. The predicted molar refractivity (Wildman–Crippen MR) is 82.8 cm³/mol. The first-order valence-electron chi connectivity index (χ1n) is 7.24. The average Bonchev–Trinajstić information content (AvgIpc) is 2.54. The minimum atomic E-state index is -0.668. The molecule has 0 saturated carbocycles. The first-order chi connectivity index (χ1) is 10.3. The number of rotatable bonds is 8. The van der Waals surface area contributed by atoms with Crippen molar-refractivity contribution >= 4 is 0 Å². The topological polar surface area (TPSA) is 49.7 Å². The first-order valence-corrected chi connectivity index (χ1v) is 7.24. The summed E-state index contributed by atoms with van der Waals surface area (Å²) in [4.78, 5) is 0. The summed E-state index contributed by atoms with van der Waals surface area (Å²) >= 11 is 0. The molecule has 0 aliphatic carbocycles. The van der Waals surface area contributed by atoms with Gasteiger partial charge in [0.05, 0.1) is 19.3 Å². The molecule has 0 unspecified atom stereocenters. The Morgan fingerprint density at radius 2 is 1.43 bits per heavy atom. The zero-order valence-electron chi connectivity index (χ0n) is 12.1. The van der Waals surface area contributed by atoms with Crippen molar-refractivity contribution in [3.63, 3.8) is 0 Å². The van der Waals surface area contributed by atoms with Crippen LogP contribution in [0.4, 0.5) is 0 Å². The number of ether oxygens (including phenoxy) is 1. The second-order valence-electron chi connectivity index (χ2n) is 5.20. The highest BCUT2D eigenvalue weighted by molar-refractivity contribution is 5.15. The summed E-state index contributed by atoms with van der Waals surface area (Å²) in [6.07, 6.45) is -0.0216. The summed E-state index contributed by atoms with van der Waals surface area (Å²) in [6.45, 7) is 0.652. The van der Waals surface area contributed by atoms with E-state index in [1.54, 1.807) is 0 Å². The molecule has 2 N–H and O–H groups in total. The number of hydrogen-bond acceptors (Lipinski definition) is 3. The molecule has 2 rings (SSSR count). The van der Waals surface area contributed by atoms with Crippen LogP contribution < -0.4 is 0 Å². The SMILES string of the molecule is OC[C@@H](Cc1ccccc1)[C@H](O)COCc1ccccc1. The van der Waals surface area contributed by atoms with Crippen LogP contribution in [0.15, 0.2) is 60.7 Å². The monoisotopic (exact) mass is 286 g/mol. The van der Waals surface area contributed by atoms with Gasteiger partial charge in [-0.05, 0) is 17.5 Å². The summed E-state index contributed by atoms with van der Waals surface area (Å²) in [5.41, 5.74) is 2.19. The standard InChI is InChI=1S/C18H22O3/c19-12-17(11-15-7-3-1-4-8-15)18(20)14-21-13-16-9-5-2-6-10-16/h1-10,17-20H,11-14H2/t17-,18-/m1/s1. The number of aliphatic hydroxyl groups is 2. The van der Waals surface area contributed by atoms with Gasteiger partial charge in [0.15, 0.2) is 0 Å². The highest BCUT2D eigenvalue weighted by Gasteiger charge is 2.19. The van der Waals surface area contributed by atoms with E-state index in [-0.39, 0.29) is 19.1 Å². The van der Waals surface area contributed by atoms with Crippen LogP contribution >= 0.6 is 0 Å². The first kappa shape index (κ1) is 15.7. The van der Waals surface area contributed by atoms with Crippen LogP contribution in [-0.4, -0.2) is 29.5 Å². The Kier molecular flexibility index (Phi) is 6.41. The van der Waals surface area contributed by atoms with Gasteiger partial charge in [-0.2, -0.15) is 0 Å². The predicted octanol–water partition coefficient (Wildman–Crippen LogP) is 2.42. The number of aliphatic hydroxyl groups excluding tert-OH is 2. The van der Waals surface area contributed by atoms with E-state index < -0.39 is 6.10 Å². The van der Waals surface area contributed by atoms with Crippen LogP contribution in [0.25, 0.3) is 0 Å². The summed E-state index contributed by atoms with van der Waals surface area (Å²) in [5, 5.41) is 19.6. The number of benzene rings is 2. The Labute approximate surface area is 125 Å². The fraction of sp³-hybridized carbons (Fsp3) is 0.333. The zero-order chi connectivity index (χ0) is 14.9. The van der Waals surface area contributed by atoms with E-state index >= 15 is 0 Å². The van der Waals surface area contributed by atoms with Gasteiger partial charge in [-0.25, -0.2) is 0 Å². The van der Waals surface area contributed by atoms with E-state index in [2.05, 4.69) is 0 Å². The van der Waals surface area contributed by atoms with E-state index in [1.165, 1.54) is 0 Å². The second-order valence-corrected chi connectivity index (χ2v) is 5.20. The molecule has 0 heterocycles. The average molecular weight is 286 g/mol. The van der Waals surface area contributed by atoms with Gasteiger partial charge in [0.25, 0.3) is 0 Å². The summed E-state index contributed by atoms with van der Waals surface area (Å²) in [7, 11) is 0. The summed E-state index contributed by atoms with van der Waals surface area (Å²) in [5.74, 6) is -0.205. The lowest BCUT2D eigenvalue weighted by Gasteiger charge is -2.21. The highest BCUT2D eigenvalue weighted by Crippen LogP contribution is 2.13. The minimum Gasteiger partial charge on any atom is -0.396 e. The summed E-state index contributed by atoms with van der Waals surface area (Å²) < 4.78 is 5.54. The Bertz CT molecular complexity index is 498. The van der Waals surface area contributed by atoms with Crippen molar-refractivity contribution in [3.05, 3.63) is 71.8 Å². The molecule has 2 aromatic carbocycles. The maximum atomic E-state index is 10.2. The van der Waals surface area contributed by atoms with E-state index in [0.29, 0.717) is 13.0 Å². The molecule has 0 aliphatic rings. The molecule has 3 heteroatoms. The van der Waals surface area contributed by atoms with E-state index in [4.69, 9.17) is 4.74 Å². The van der Waals surface area contributed by atoms with Crippen molar-refractivity contribution in [2.75, 3.05) is 13.2 Å². The van der Waals surface area contributed by atoms with Crippen molar-refractivity contribution in [1.29, 1.82) is 0 Å². The van der Waals surface area contributed by atoms with Crippen LogP contribution in [-0.2, 0) is 17.8 Å². The van der Waals surface area contributed by atoms with Crippen LogP contribution in [0.3, 0.4) is 0 Å². The van der Waals surface area contributed by atoms with Gasteiger partial charge in [-0.1, -0.05) is 60.7 Å². The molecular weight excluding hydrogens is 264 g/mol. The van der Waals surface area contributed by atoms with Gasteiger partial charge in [0.2, 0.25) is 0 Å². The largest absolute Gasteiger partial charge is 0.396 e. The van der Waals surface area contributed by atoms with E-state index in [1.807, 2.05) is 60.7 Å². The Morgan fingerprint density at radius 3 is 2.00 bits per heavy atom. The Morgan fingerprint density at radius 1 is 0.857 bits per heavy atom. The molecule has 0 spiro atoms. The molecule has 2 aromatic rings. The van der Waals surface area contributed by atoms with Gasteiger partial charge in [0.1, 0.15) is 0 Å². The fourth-order valence-corrected chi connectivity index (χ4v) is 2.25. The lowest BCUT2D eigenvalue weighted by molar-refractivity contribution is -0.0160. The molecule has 3 nitrogen and oxygen atoms in total. The van der Waals surface area contributed by atoms with Gasteiger partial charge >= 0.3 is 0 Å². The second kappa shape index (κ2) is 8.57. The lowest BCUT2D eigenvalue weighted by atomic mass is 9.95. The van der Waals surface area contributed by atoms with Gasteiger partial charge in [0, 0.05) is 12.5 Å². The maximum absolute atomic E-state index is 10.2. The van der Waals surface area contributed by atoms with E-state index in [9.17, 15) is 10.2 Å². The van der Waals surface area contributed by atoms with Crippen molar-refractivity contribution in [1.82, 2.24) is 0 Å². The van der Waals surface area contributed by atoms with E-state index in [0.717, 1.165) is 11.1 Å². The molecule has 0 fully saturated rings. The van der Waals surface area contributed by atoms with Crippen LogP contribution in [0.1, 0.15) is 11.1 Å². The Balaban J connectivity index is 1.79. The third-order valence-electron chi connectivity index (χ3n) is 3.52. The third kappa shape index (κ3) is 5.31. The van der Waals surface area contributed by atoms with Crippen LogP contribution in [0.2, 0.25) is 0 Å². The summed E-state index contributed by atoms with van der Waals surface area (Å²) in [6, 6.07) is 19.7. The fourth-order valence-electron chi connectivity index (χ4n) is 2.25. The molecule has 0 bridgehead atoms. The van der Waals surface area contributed by atoms with Gasteiger partial charge in [-0.3, -0.25) is 0 Å². The molecule has 0 saturated heterocycles. The number of hydrogen-bond donors (Lipinski definition) is 2.